The number of hydrogen-bond acceptors (Lipinski definition) is 4. The van der Waals surface area contributed by atoms with E-state index in [2.05, 4.69) is 5.32 Å². The van der Waals surface area contributed by atoms with Crippen molar-refractivity contribution in [2.45, 2.75) is 77.4 Å². The molecular weight excluding hydrogens is 593 g/mol. The van der Waals surface area contributed by atoms with Crippen molar-refractivity contribution in [3.63, 3.8) is 0 Å². The topological polar surface area (TPSA) is 86.8 Å². The van der Waals surface area contributed by atoms with Gasteiger partial charge in [0, 0.05) is 27.7 Å². The number of sulfonamides is 1. The predicted octanol–water partition coefficient (Wildman–Crippen LogP) is 6.78. The second-order valence-electron chi connectivity index (χ2n) is 11.2. The SMILES string of the molecule is CCc1ccccc1N(CC(=O)N(Cc1c(Cl)cccc1Cl)[C@H](CC)C(=O)NC(C)(C)C)S(=O)(=O)c1ccc(C)cc1. The summed E-state index contributed by atoms with van der Waals surface area (Å²) in [6.45, 7) is 10.5. The number of benzene rings is 3. The quantitative estimate of drug-likeness (QED) is 0.253. The minimum atomic E-state index is -4.17. The molecule has 0 aliphatic carbocycles. The molecule has 0 radical (unpaired) electrons. The molecule has 2 amide bonds. The van der Waals surface area contributed by atoms with Gasteiger partial charge in [0.15, 0.2) is 0 Å². The fourth-order valence-electron chi connectivity index (χ4n) is 4.63. The van der Waals surface area contributed by atoms with Crippen LogP contribution in [0.2, 0.25) is 10.0 Å². The van der Waals surface area contributed by atoms with Gasteiger partial charge in [-0.05, 0) is 76.4 Å². The summed E-state index contributed by atoms with van der Waals surface area (Å²) in [5.41, 5.74) is 1.99. The van der Waals surface area contributed by atoms with Crippen molar-refractivity contribution in [3.05, 3.63) is 93.5 Å². The number of nitrogens with zero attached hydrogens (tertiary/aromatic N) is 2. The molecule has 3 aromatic carbocycles. The lowest BCUT2D eigenvalue weighted by atomic mass is 10.1. The molecule has 1 atom stereocenters. The van der Waals surface area contributed by atoms with Crippen LogP contribution in [0.25, 0.3) is 0 Å². The summed E-state index contributed by atoms with van der Waals surface area (Å²) in [6.07, 6.45) is 0.834. The molecule has 3 rings (SSSR count). The zero-order valence-electron chi connectivity index (χ0n) is 24.9. The van der Waals surface area contributed by atoms with Gasteiger partial charge in [-0.15, -0.1) is 0 Å². The van der Waals surface area contributed by atoms with Crippen molar-refractivity contribution in [1.82, 2.24) is 10.2 Å². The summed E-state index contributed by atoms with van der Waals surface area (Å²) in [5, 5.41) is 3.63. The van der Waals surface area contributed by atoms with Crippen LogP contribution in [-0.2, 0) is 32.6 Å². The van der Waals surface area contributed by atoms with E-state index in [0.29, 0.717) is 27.7 Å². The number of carbonyl (C=O) groups excluding carboxylic acids is 2. The van der Waals surface area contributed by atoms with E-state index in [0.717, 1.165) is 15.4 Å². The summed E-state index contributed by atoms with van der Waals surface area (Å²) in [6, 6.07) is 17.7. The number of para-hydroxylation sites is 1. The van der Waals surface area contributed by atoms with Crippen LogP contribution in [0.15, 0.2) is 71.6 Å². The molecule has 0 aliphatic rings. The smallest absolute Gasteiger partial charge is 0.264 e. The summed E-state index contributed by atoms with van der Waals surface area (Å²) in [5.74, 6) is -0.924. The first-order valence-corrected chi connectivity index (χ1v) is 16.1. The highest BCUT2D eigenvalue weighted by Crippen LogP contribution is 2.30. The Bertz CT molecular complexity index is 1500. The molecule has 1 N–H and O–H groups in total. The Morgan fingerprint density at radius 1 is 0.905 bits per heavy atom. The molecule has 0 aliphatic heterocycles. The number of rotatable bonds is 11. The van der Waals surface area contributed by atoms with E-state index < -0.39 is 34.1 Å². The minimum absolute atomic E-state index is 0.0602. The van der Waals surface area contributed by atoms with E-state index >= 15 is 0 Å². The zero-order chi connectivity index (χ0) is 31.2. The van der Waals surface area contributed by atoms with Gasteiger partial charge in [0.25, 0.3) is 10.0 Å². The molecule has 0 aromatic heterocycles. The number of nitrogens with one attached hydrogen (secondary N) is 1. The van der Waals surface area contributed by atoms with Crippen molar-refractivity contribution in [2.75, 3.05) is 10.8 Å². The first kappa shape index (κ1) is 33.4. The third-order valence-corrected chi connectivity index (χ3v) is 9.29. The average Bonchev–Trinajstić information content (AvgIpc) is 2.92. The van der Waals surface area contributed by atoms with Gasteiger partial charge < -0.3 is 10.2 Å². The maximum absolute atomic E-state index is 14.3. The van der Waals surface area contributed by atoms with E-state index in [1.807, 2.05) is 46.8 Å². The van der Waals surface area contributed by atoms with Gasteiger partial charge in [-0.25, -0.2) is 8.42 Å². The Morgan fingerprint density at radius 3 is 2.05 bits per heavy atom. The molecule has 0 fully saturated rings. The van der Waals surface area contributed by atoms with Crippen molar-refractivity contribution in [2.24, 2.45) is 0 Å². The van der Waals surface area contributed by atoms with E-state index in [-0.39, 0.29) is 23.8 Å². The molecule has 42 heavy (non-hydrogen) atoms. The highest BCUT2D eigenvalue weighted by atomic mass is 35.5. The number of aryl methyl sites for hydroxylation is 2. The fourth-order valence-corrected chi connectivity index (χ4v) is 6.60. The van der Waals surface area contributed by atoms with Crippen LogP contribution in [0.3, 0.4) is 0 Å². The molecule has 0 saturated carbocycles. The van der Waals surface area contributed by atoms with Crippen LogP contribution >= 0.6 is 23.2 Å². The van der Waals surface area contributed by atoms with E-state index in [1.54, 1.807) is 49.4 Å². The molecule has 0 unspecified atom stereocenters. The minimum Gasteiger partial charge on any atom is -0.350 e. The highest BCUT2D eigenvalue weighted by molar-refractivity contribution is 7.92. The Hall–Kier alpha value is -3.07. The van der Waals surface area contributed by atoms with Gasteiger partial charge in [0.05, 0.1) is 10.6 Å². The Morgan fingerprint density at radius 2 is 1.50 bits per heavy atom. The van der Waals surface area contributed by atoms with E-state index in [9.17, 15) is 18.0 Å². The number of carbonyl (C=O) groups is 2. The van der Waals surface area contributed by atoms with Crippen molar-refractivity contribution in [1.29, 1.82) is 0 Å². The van der Waals surface area contributed by atoms with Crippen molar-refractivity contribution < 1.29 is 18.0 Å². The molecule has 0 heterocycles. The molecule has 0 bridgehead atoms. The summed E-state index contributed by atoms with van der Waals surface area (Å²) in [7, 11) is -4.17. The van der Waals surface area contributed by atoms with Crippen LogP contribution in [0.4, 0.5) is 5.69 Å². The van der Waals surface area contributed by atoms with Gasteiger partial charge in [0.1, 0.15) is 12.6 Å². The lowest BCUT2D eigenvalue weighted by Gasteiger charge is -2.35. The van der Waals surface area contributed by atoms with Gasteiger partial charge in [-0.1, -0.05) is 79.0 Å². The molecule has 10 heteroatoms. The first-order chi connectivity index (χ1) is 19.7. The van der Waals surface area contributed by atoms with Crippen LogP contribution < -0.4 is 9.62 Å². The zero-order valence-corrected chi connectivity index (χ0v) is 27.3. The maximum atomic E-state index is 14.3. The predicted molar refractivity (Wildman–Crippen MR) is 171 cm³/mol. The Balaban J connectivity index is 2.15. The van der Waals surface area contributed by atoms with Crippen LogP contribution in [0.5, 0.6) is 0 Å². The molecule has 0 spiro atoms. The van der Waals surface area contributed by atoms with Crippen LogP contribution in [0.1, 0.15) is 57.7 Å². The lowest BCUT2D eigenvalue weighted by Crippen LogP contribution is -2.55. The molecular formula is C32H39Cl2N3O4S. The number of hydrogen-bond donors (Lipinski definition) is 1. The largest absolute Gasteiger partial charge is 0.350 e. The van der Waals surface area contributed by atoms with Crippen molar-refractivity contribution in [3.8, 4) is 0 Å². The lowest BCUT2D eigenvalue weighted by molar-refractivity contribution is -0.141. The first-order valence-electron chi connectivity index (χ1n) is 13.9. The number of anilines is 1. The second-order valence-corrected chi connectivity index (χ2v) is 13.9. The van der Waals surface area contributed by atoms with E-state index in [4.69, 9.17) is 23.2 Å². The second kappa shape index (κ2) is 13.9. The van der Waals surface area contributed by atoms with E-state index in [1.165, 1.54) is 17.0 Å². The van der Waals surface area contributed by atoms with Gasteiger partial charge in [-0.2, -0.15) is 0 Å². The normalized spacial score (nSPS) is 12.5. The summed E-state index contributed by atoms with van der Waals surface area (Å²) >= 11 is 13.0. The number of amides is 2. The molecule has 226 valence electrons. The monoisotopic (exact) mass is 631 g/mol. The fraction of sp³-hybridized carbons (Fsp3) is 0.375. The third kappa shape index (κ3) is 8.06. The standard InChI is InChI=1S/C32H39Cl2N3O4S/c1-7-23-12-9-10-15-29(23)37(42(40,41)24-18-16-22(3)17-19-24)21-30(38)36(20-25-26(33)13-11-14-27(25)34)28(8-2)31(39)35-32(4,5)6/h9-19,28H,7-8,20-21H2,1-6H3,(H,35,39)/t28-/m1/s1. The molecule has 0 saturated heterocycles. The van der Waals surface area contributed by atoms with Crippen molar-refractivity contribution >= 4 is 50.7 Å². The Kier molecular flexibility index (Phi) is 11.1. The van der Waals surface area contributed by atoms with Gasteiger partial charge in [0.2, 0.25) is 11.8 Å². The van der Waals surface area contributed by atoms with Crippen LogP contribution in [0, 0.1) is 6.92 Å². The summed E-state index contributed by atoms with van der Waals surface area (Å²) < 4.78 is 29.4. The molecule has 3 aromatic rings. The van der Waals surface area contributed by atoms with Gasteiger partial charge >= 0.3 is 0 Å². The third-order valence-electron chi connectivity index (χ3n) is 6.80. The Labute approximate surface area is 259 Å². The number of halogens is 2. The molecule has 7 nitrogen and oxygen atoms in total. The van der Waals surface area contributed by atoms with Gasteiger partial charge in [-0.3, -0.25) is 13.9 Å². The average molecular weight is 633 g/mol. The summed E-state index contributed by atoms with van der Waals surface area (Å²) in [4.78, 5) is 29.2. The van der Waals surface area contributed by atoms with Crippen LogP contribution in [-0.4, -0.2) is 43.3 Å². The highest BCUT2D eigenvalue weighted by Gasteiger charge is 2.35. The maximum Gasteiger partial charge on any atom is 0.264 e.